The molecule has 0 aromatic carbocycles. The molecule has 0 aliphatic carbocycles. The minimum absolute atomic E-state index is 0.0165. The Morgan fingerprint density at radius 1 is 1.80 bits per heavy atom. The third kappa shape index (κ3) is 4.58. The summed E-state index contributed by atoms with van der Waals surface area (Å²) in [5, 5.41) is 8.30. The first-order valence-corrected chi connectivity index (χ1v) is 3.63. The third-order valence-electron chi connectivity index (χ3n) is 0.977. The molecule has 0 heterocycles. The zero-order valence-electron chi connectivity index (χ0n) is 5.84. The molecule has 0 aromatic rings. The summed E-state index contributed by atoms with van der Waals surface area (Å²) in [7, 11) is 0. The standard InChI is InChI=1S/C6H11ClO3/c1-2-10-5(4-7)3-6(8)9/h5H,2-4H2,1H3,(H,8,9). The molecule has 0 bridgehead atoms. The van der Waals surface area contributed by atoms with Crippen LogP contribution in [-0.4, -0.2) is 29.7 Å². The van der Waals surface area contributed by atoms with E-state index in [1.165, 1.54) is 0 Å². The van der Waals surface area contributed by atoms with Crippen molar-refractivity contribution in [3.05, 3.63) is 0 Å². The second kappa shape index (κ2) is 5.50. The van der Waals surface area contributed by atoms with Crippen LogP contribution in [0.4, 0.5) is 0 Å². The van der Waals surface area contributed by atoms with Crippen LogP contribution >= 0.6 is 11.6 Å². The first-order valence-electron chi connectivity index (χ1n) is 3.10. The molecule has 0 spiro atoms. The molecule has 1 atom stereocenters. The smallest absolute Gasteiger partial charge is 0.306 e. The lowest BCUT2D eigenvalue weighted by Gasteiger charge is -2.09. The summed E-state index contributed by atoms with van der Waals surface area (Å²) in [5.74, 6) is -0.640. The van der Waals surface area contributed by atoms with Gasteiger partial charge in [0.05, 0.1) is 12.5 Å². The van der Waals surface area contributed by atoms with Crippen molar-refractivity contribution in [1.29, 1.82) is 0 Å². The Bertz CT molecular complexity index is 105. The van der Waals surface area contributed by atoms with Gasteiger partial charge in [-0.05, 0) is 6.92 Å². The van der Waals surface area contributed by atoms with Crippen LogP contribution in [0, 0.1) is 0 Å². The lowest BCUT2D eigenvalue weighted by atomic mass is 10.3. The van der Waals surface area contributed by atoms with Gasteiger partial charge in [-0.15, -0.1) is 11.6 Å². The molecule has 0 rings (SSSR count). The highest BCUT2D eigenvalue weighted by Crippen LogP contribution is 2.00. The number of aliphatic carboxylic acids is 1. The van der Waals surface area contributed by atoms with Crippen molar-refractivity contribution in [2.75, 3.05) is 12.5 Å². The van der Waals surface area contributed by atoms with Gasteiger partial charge < -0.3 is 9.84 Å². The van der Waals surface area contributed by atoms with E-state index in [0.29, 0.717) is 6.61 Å². The van der Waals surface area contributed by atoms with Crippen molar-refractivity contribution in [3.8, 4) is 0 Å². The molecule has 0 saturated heterocycles. The summed E-state index contributed by atoms with van der Waals surface area (Å²) in [6.45, 7) is 2.31. The Kier molecular flexibility index (Phi) is 5.35. The topological polar surface area (TPSA) is 46.5 Å². The van der Waals surface area contributed by atoms with Crippen LogP contribution < -0.4 is 0 Å². The Labute approximate surface area is 64.9 Å². The average molecular weight is 167 g/mol. The van der Waals surface area contributed by atoms with Gasteiger partial charge >= 0.3 is 5.97 Å². The van der Waals surface area contributed by atoms with Crippen LogP contribution in [0.3, 0.4) is 0 Å². The maximum absolute atomic E-state index is 10.1. The van der Waals surface area contributed by atoms with Crippen molar-refractivity contribution >= 4 is 17.6 Å². The highest BCUT2D eigenvalue weighted by Gasteiger charge is 2.10. The Morgan fingerprint density at radius 2 is 2.40 bits per heavy atom. The molecular weight excluding hydrogens is 156 g/mol. The van der Waals surface area contributed by atoms with Crippen molar-refractivity contribution < 1.29 is 14.6 Å². The van der Waals surface area contributed by atoms with Gasteiger partial charge in [0.25, 0.3) is 0 Å². The summed E-state index contributed by atoms with van der Waals surface area (Å²) >= 11 is 5.40. The largest absolute Gasteiger partial charge is 0.481 e. The maximum Gasteiger partial charge on any atom is 0.306 e. The fourth-order valence-corrected chi connectivity index (χ4v) is 0.787. The van der Waals surface area contributed by atoms with Crippen LogP contribution in [0.25, 0.3) is 0 Å². The van der Waals surface area contributed by atoms with E-state index in [4.69, 9.17) is 21.4 Å². The minimum Gasteiger partial charge on any atom is -0.481 e. The number of halogens is 1. The molecule has 0 aliphatic rings. The summed E-state index contributed by atoms with van der Waals surface area (Å²) in [6, 6.07) is 0. The molecular formula is C6H11ClO3. The van der Waals surface area contributed by atoms with Crippen LogP contribution in [-0.2, 0) is 9.53 Å². The van der Waals surface area contributed by atoms with Gasteiger partial charge in [0.1, 0.15) is 0 Å². The van der Waals surface area contributed by atoms with E-state index in [9.17, 15) is 4.79 Å². The first kappa shape index (κ1) is 9.72. The van der Waals surface area contributed by atoms with E-state index >= 15 is 0 Å². The zero-order chi connectivity index (χ0) is 7.98. The summed E-state index contributed by atoms with van der Waals surface area (Å²) < 4.78 is 4.99. The lowest BCUT2D eigenvalue weighted by molar-refractivity contribution is -0.139. The van der Waals surface area contributed by atoms with E-state index in [2.05, 4.69) is 0 Å². The summed E-state index contributed by atoms with van der Waals surface area (Å²) in [4.78, 5) is 10.1. The van der Waals surface area contributed by atoms with Gasteiger partial charge in [-0.1, -0.05) is 0 Å². The van der Waals surface area contributed by atoms with Crippen LogP contribution in [0.2, 0.25) is 0 Å². The fraction of sp³-hybridized carbons (Fsp3) is 0.833. The van der Waals surface area contributed by atoms with Crippen LogP contribution in [0.1, 0.15) is 13.3 Å². The predicted molar refractivity (Wildman–Crippen MR) is 38.4 cm³/mol. The molecule has 0 amide bonds. The highest BCUT2D eigenvalue weighted by molar-refractivity contribution is 6.18. The van der Waals surface area contributed by atoms with Crippen molar-refractivity contribution in [3.63, 3.8) is 0 Å². The Balaban J connectivity index is 3.49. The normalized spacial score (nSPS) is 13.0. The fourth-order valence-electron chi connectivity index (χ4n) is 0.588. The molecule has 4 heteroatoms. The Morgan fingerprint density at radius 3 is 2.70 bits per heavy atom. The van der Waals surface area contributed by atoms with E-state index < -0.39 is 5.97 Å². The quantitative estimate of drug-likeness (QED) is 0.623. The van der Waals surface area contributed by atoms with Crippen LogP contribution in [0.5, 0.6) is 0 Å². The SMILES string of the molecule is CCOC(CCl)CC(=O)O. The Hall–Kier alpha value is -0.280. The lowest BCUT2D eigenvalue weighted by Crippen LogP contribution is -2.18. The summed E-state index contributed by atoms with van der Waals surface area (Å²) in [5.41, 5.74) is 0. The predicted octanol–water partition coefficient (Wildman–Crippen LogP) is 1.10. The molecule has 0 radical (unpaired) electrons. The molecule has 0 aliphatic heterocycles. The number of hydrogen-bond acceptors (Lipinski definition) is 2. The molecule has 1 N–H and O–H groups in total. The first-order chi connectivity index (χ1) is 4.70. The monoisotopic (exact) mass is 166 g/mol. The summed E-state index contributed by atoms with van der Waals surface area (Å²) in [6.07, 6.45) is -0.360. The van der Waals surface area contributed by atoms with Gasteiger partial charge in [-0.3, -0.25) is 4.79 Å². The number of carboxylic acids is 1. The molecule has 0 saturated carbocycles. The average Bonchev–Trinajstić information content (AvgIpc) is 1.86. The van der Waals surface area contributed by atoms with E-state index in [-0.39, 0.29) is 18.4 Å². The van der Waals surface area contributed by atoms with Crippen LogP contribution in [0.15, 0.2) is 0 Å². The van der Waals surface area contributed by atoms with Gasteiger partial charge in [0.15, 0.2) is 0 Å². The number of carbonyl (C=O) groups is 1. The van der Waals surface area contributed by atoms with Crippen molar-refractivity contribution in [2.45, 2.75) is 19.4 Å². The molecule has 0 fully saturated rings. The van der Waals surface area contributed by atoms with Gasteiger partial charge in [-0.25, -0.2) is 0 Å². The minimum atomic E-state index is -0.876. The van der Waals surface area contributed by atoms with E-state index in [1.54, 1.807) is 6.92 Å². The maximum atomic E-state index is 10.1. The van der Waals surface area contributed by atoms with Crippen molar-refractivity contribution in [1.82, 2.24) is 0 Å². The molecule has 60 valence electrons. The van der Waals surface area contributed by atoms with E-state index in [1.807, 2.05) is 0 Å². The second-order valence-electron chi connectivity index (χ2n) is 1.83. The molecule has 10 heavy (non-hydrogen) atoms. The zero-order valence-corrected chi connectivity index (χ0v) is 6.60. The van der Waals surface area contributed by atoms with E-state index in [0.717, 1.165) is 0 Å². The second-order valence-corrected chi connectivity index (χ2v) is 2.14. The molecule has 3 nitrogen and oxygen atoms in total. The molecule has 1 unspecified atom stereocenters. The number of hydrogen-bond donors (Lipinski definition) is 1. The van der Waals surface area contributed by atoms with Gasteiger partial charge in [-0.2, -0.15) is 0 Å². The third-order valence-corrected chi connectivity index (χ3v) is 1.32. The number of ether oxygens (including phenoxy) is 1. The highest BCUT2D eigenvalue weighted by atomic mass is 35.5. The number of rotatable bonds is 5. The van der Waals surface area contributed by atoms with Gasteiger partial charge in [0.2, 0.25) is 0 Å². The molecule has 0 aromatic heterocycles. The number of alkyl halides is 1. The van der Waals surface area contributed by atoms with Gasteiger partial charge in [0, 0.05) is 12.5 Å². The van der Waals surface area contributed by atoms with Crippen molar-refractivity contribution in [2.24, 2.45) is 0 Å². The number of carboxylic acid groups (broad SMARTS) is 1.